The van der Waals surface area contributed by atoms with E-state index in [2.05, 4.69) is 31.2 Å². The smallest absolute Gasteiger partial charge is 0.307 e. The molecular formula is C19H28O2. The molecule has 1 rings (SSSR count). The summed E-state index contributed by atoms with van der Waals surface area (Å²) in [5.74, 6) is -0.841. The first kappa shape index (κ1) is 17.5. The van der Waals surface area contributed by atoms with Crippen molar-refractivity contribution in [2.75, 3.05) is 0 Å². The quantitative estimate of drug-likeness (QED) is 0.636. The maximum Gasteiger partial charge on any atom is 0.307 e. The maximum absolute atomic E-state index is 11.2. The third kappa shape index (κ3) is 6.16. The lowest BCUT2D eigenvalue weighted by Crippen LogP contribution is -2.18. The summed E-state index contributed by atoms with van der Waals surface area (Å²) < 4.78 is 0. The zero-order chi connectivity index (χ0) is 15.7. The summed E-state index contributed by atoms with van der Waals surface area (Å²) in [7, 11) is 0. The van der Waals surface area contributed by atoms with E-state index in [9.17, 15) is 9.90 Å². The Balaban J connectivity index is 2.68. The number of aliphatic carboxylic acids is 1. The molecule has 1 unspecified atom stereocenters. The van der Waals surface area contributed by atoms with Crippen molar-refractivity contribution in [2.24, 2.45) is 11.8 Å². The highest BCUT2D eigenvalue weighted by Crippen LogP contribution is 2.19. The van der Waals surface area contributed by atoms with Gasteiger partial charge in [0.1, 0.15) is 0 Å². The van der Waals surface area contributed by atoms with Gasteiger partial charge in [-0.2, -0.15) is 0 Å². The van der Waals surface area contributed by atoms with E-state index in [-0.39, 0.29) is 11.8 Å². The van der Waals surface area contributed by atoms with Gasteiger partial charge < -0.3 is 5.11 Å². The van der Waals surface area contributed by atoms with Crippen molar-refractivity contribution >= 4 is 12.0 Å². The molecule has 2 nitrogen and oxygen atoms in total. The van der Waals surface area contributed by atoms with Gasteiger partial charge >= 0.3 is 5.97 Å². The molecule has 0 spiro atoms. The summed E-state index contributed by atoms with van der Waals surface area (Å²) in [5, 5.41) is 9.20. The monoisotopic (exact) mass is 288 g/mol. The summed E-state index contributed by atoms with van der Waals surface area (Å²) in [4.78, 5) is 11.2. The molecule has 1 aromatic carbocycles. The Hall–Kier alpha value is -1.57. The lowest BCUT2D eigenvalue weighted by Gasteiger charge is -2.13. The SMILES string of the molecule is CCCCCc1ccccc1/C=C/CC(C(=O)O)C(C)C. The number of aryl methyl sites for hydroxylation is 1. The number of hydrogen-bond donors (Lipinski definition) is 1. The molecule has 0 aliphatic rings. The minimum absolute atomic E-state index is 0.159. The highest BCUT2D eigenvalue weighted by atomic mass is 16.4. The zero-order valence-electron chi connectivity index (χ0n) is 13.5. The minimum Gasteiger partial charge on any atom is -0.481 e. The van der Waals surface area contributed by atoms with E-state index < -0.39 is 5.97 Å². The molecule has 1 aromatic rings. The van der Waals surface area contributed by atoms with Crippen LogP contribution in [0.5, 0.6) is 0 Å². The van der Waals surface area contributed by atoms with Crippen molar-refractivity contribution in [2.45, 2.75) is 52.9 Å². The van der Waals surface area contributed by atoms with Gasteiger partial charge in [-0.3, -0.25) is 4.79 Å². The van der Waals surface area contributed by atoms with Gasteiger partial charge in [0, 0.05) is 0 Å². The Morgan fingerprint density at radius 1 is 1.24 bits per heavy atom. The highest BCUT2D eigenvalue weighted by Gasteiger charge is 2.19. The van der Waals surface area contributed by atoms with Crippen LogP contribution < -0.4 is 0 Å². The highest BCUT2D eigenvalue weighted by molar-refractivity contribution is 5.70. The Morgan fingerprint density at radius 2 is 1.95 bits per heavy atom. The number of allylic oxidation sites excluding steroid dienone is 1. The van der Waals surface area contributed by atoms with Crippen molar-refractivity contribution in [1.29, 1.82) is 0 Å². The van der Waals surface area contributed by atoms with Crippen LogP contribution in [0.4, 0.5) is 0 Å². The van der Waals surface area contributed by atoms with Crippen LogP contribution in [-0.4, -0.2) is 11.1 Å². The van der Waals surface area contributed by atoms with E-state index in [1.807, 2.05) is 26.0 Å². The topological polar surface area (TPSA) is 37.3 Å². The average Bonchev–Trinajstić information content (AvgIpc) is 2.44. The summed E-state index contributed by atoms with van der Waals surface area (Å²) in [6.07, 6.45) is 9.48. The summed E-state index contributed by atoms with van der Waals surface area (Å²) in [5.41, 5.74) is 2.58. The Morgan fingerprint density at radius 3 is 2.57 bits per heavy atom. The fourth-order valence-electron chi connectivity index (χ4n) is 2.49. The fraction of sp³-hybridized carbons (Fsp3) is 0.526. The number of carbonyl (C=O) groups is 1. The van der Waals surface area contributed by atoms with Gasteiger partial charge in [0.15, 0.2) is 0 Å². The van der Waals surface area contributed by atoms with Gasteiger partial charge in [-0.05, 0) is 36.3 Å². The van der Waals surface area contributed by atoms with Gasteiger partial charge in [0.05, 0.1) is 5.92 Å². The largest absolute Gasteiger partial charge is 0.481 e. The fourth-order valence-corrected chi connectivity index (χ4v) is 2.49. The van der Waals surface area contributed by atoms with Crippen molar-refractivity contribution in [1.82, 2.24) is 0 Å². The van der Waals surface area contributed by atoms with Crippen molar-refractivity contribution in [3.05, 3.63) is 41.5 Å². The van der Waals surface area contributed by atoms with E-state index in [0.29, 0.717) is 6.42 Å². The van der Waals surface area contributed by atoms with E-state index in [4.69, 9.17) is 0 Å². The van der Waals surface area contributed by atoms with Gasteiger partial charge in [-0.25, -0.2) is 0 Å². The second kappa shape index (κ2) is 9.38. The van der Waals surface area contributed by atoms with Gasteiger partial charge in [0.2, 0.25) is 0 Å². The number of unbranched alkanes of at least 4 members (excludes halogenated alkanes) is 2. The molecule has 2 heteroatoms. The lowest BCUT2D eigenvalue weighted by molar-refractivity contribution is -0.143. The zero-order valence-corrected chi connectivity index (χ0v) is 13.5. The molecule has 0 bridgehead atoms. The van der Waals surface area contributed by atoms with Crippen LogP contribution in [0.2, 0.25) is 0 Å². The molecule has 0 fully saturated rings. The first-order valence-electron chi connectivity index (χ1n) is 8.03. The molecule has 0 aliphatic heterocycles. The third-order valence-electron chi connectivity index (χ3n) is 3.91. The van der Waals surface area contributed by atoms with E-state index in [1.165, 1.54) is 30.4 Å². The lowest BCUT2D eigenvalue weighted by atomic mass is 9.92. The minimum atomic E-state index is -0.703. The molecule has 116 valence electrons. The van der Waals surface area contributed by atoms with Gasteiger partial charge in [-0.15, -0.1) is 0 Å². The second-order valence-electron chi connectivity index (χ2n) is 5.98. The van der Waals surface area contributed by atoms with E-state index in [1.54, 1.807) is 0 Å². The Kier molecular flexibility index (Phi) is 7.81. The number of benzene rings is 1. The summed E-state index contributed by atoms with van der Waals surface area (Å²) in [6, 6.07) is 8.41. The predicted octanol–water partition coefficient (Wildman–Crippen LogP) is 5.18. The number of rotatable bonds is 9. The number of hydrogen-bond acceptors (Lipinski definition) is 1. The van der Waals surface area contributed by atoms with Crippen LogP contribution in [0.25, 0.3) is 6.08 Å². The molecule has 21 heavy (non-hydrogen) atoms. The Bertz CT molecular complexity index is 460. The predicted molar refractivity (Wildman–Crippen MR) is 89.3 cm³/mol. The molecule has 0 saturated heterocycles. The van der Waals surface area contributed by atoms with Crippen molar-refractivity contribution in [3.63, 3.8) is 0 Å². The number of carboxylic acids is 1. The molecule has 0 aliphatic carbocycles. The number of carboxylic acid groups (broad SMARTS) is 1. The standard InChI is InChI=1S/C19H28O2/c1-4-5-6-10-16-11-7-8-12-17(16)13-9-14-18(15(2)3)19(20)21/h7-9,11-13,15,18H,4-6,10,14H2,1-3H3,(H,20,21)/b13-9+. The molecule has 0 radical (unpaired) electrons. The average molecular weight is 288 g/mol. The first-order valence-corrected chi connectivity index (χ1v) is 8.03. The third-order valence-corrected chi connectivity index (χ3v) is 3.91. The van der Waals surface area contributed by atoms with E-state index >= 15 is 0 Å². The van der Waals surface area contributed by atoms with Gasteiger partial charge in [0.25, 0.3) is 0 Å². The molecule has 0 aromatic heterocycles. The molecule has 1 N–H and O–H groups in total. The molecule has 0 heterocycles. The van der Waals surface area contributed by atoms with Crippen LogP contribution in [0.3, 0.4) is 0 Å². The van der Waals surface area contributed by atoms with Crippen LogP contribution in [0.15, 0.2) is 30.3 Å². The van der Waals surface area contributed by atoms with Crippen LogP contribution in [0.1, 0.15) is 57.6 Å². The maximum atomic E-state index is 11.2. The van der Waals surface area contributed by atoms with Crippen LogP contribution >= 0.6 is 0 Å². The van der Waals surface area contributed by atoms with E-state index in [0.717, 1.165) is 6.42 Å². The second-order valence-corrected chi connectivity index (χ2v) is 5.98. The van der Waals surface area contributed by atoms with Gasteiger partial charge in [-0.1, -0.05) is 70.0 Å². The molecule has 0 saturated carbocycles. The van der Waals surface area contributed by atoms with Crippen LogP contribution in [0, 0.1) is 11.8 Å². The molecule has 1 atom stereocenters. The summed E-state index contributed by atoms with van der Waals surface area (Å²) >= 11 is 0. The summed E-state index contributed by atoms with van der Waals surface area (Å²) in [6.45, 7) is 6.14. The molecule has 0 amide bonds. The van der Waals surface area contributed by atoms with Crippen molar-refractivity contribution < 1.29 is 9.90 Å². The van der Waals surface area contributed by atoms with Crippen molar-refractivity contribution in [3.8, 4) is 0 Å². The Labute approximate surface area is 128 Å². The first-order chi connectivity index (χ1) is 10.1. The normalized spacial score (nSPS) is 13.0. The molecular weight excluding hydrogens is 260 g/mol. The van der Waals surface area contributed by atoms with Crippen LogP contribution in [-0.2, 0) is 11.2 Å².